The molecule has 1 heterocycles. The Labute approximate surface area is 119 Å². The van der Waals surface area contributed by atoms with Crippen LogP contribution in [0.25, 0.3) is 0 Å². The van der Waals surface area contributed by atoms with Crippen molar-refractivity contribution in [2.24, 2.45) is 5.41 Å². The van der Waals surface area contributed by atoms with Crippen LogP contribution < -0.4 is 5.32 Å². The molecule has 2 N–H and O–H groups in total. The molecule has 0 spiro atoms. The monoisotopic (exact) mass is 284 g/mol. The molecule has 1 unspecified atom stereocenters. The average molecular weight is 284 g/mol. The van der Waals surface area contributed by atoms with E-state index < -0.39 is 5.97 Å². The Morgan fingerprint density at radius 3 is 2.75 bits per heavy atom. The highest BCUT2D eigenvalue weighted by Gasteiger charge is 2.36. The lowest BCUT2D eigenvalue weighted by atomic mass is 9.67. The van der Waals surface area contributed by atoms with E-state index in [9.17, 15) is 9.59 Å². The van der Waals surface area contributed by atoms with E-state index in [2.05, 4.69) is 12.2 Å². The largest absolute Gasteiger partial charge is 0.481 e. The first-order valence-electron chi connectivity index (χ1n) is 7.40. The maximum atomic E-state index is 12.3. The summed E-state index contributed by atoms with van der Waals surface area (Å²) in [7, 11) is 0. The fraction of sp³-hybridized carbons (Fsp3) is 0.857. The molecule has 0 aromatic heterocycles. The van der Waals surface area contributed by atoms with Crippen molar-refractivity contribution in [1.29, 1.82) is 0 Å². The number of hydrogen-bond donors (Lipinski definition) is 2. The number of urea groups is 1. The number of morpholine rings is 1. The number of rotatable bonds is 5. The summed E-state index contributed by atoms with van der Waals surface area (Å²) in [6.45, 7) is 4.09. The molecule has 0 aromatic carbocycles. The Hall–Kier alpha value is -1.30. The van der Waals surface area contributed by atoms with Crippen molar-refractivity contribution in [2.45, 2.75) is 45.1 Å². The molecule has 0 bridgehead atoms. The molecule has 6 nitrogen and oxygen atoms in total. The number of ether oxygens (including phenoxy) is 1. The number of hydrogen-bond acceptors (Lipinski definition) is 3. The molecule has 6 heteroatoms. The second-order valence-corrected chi connectivity index (χ2v) is 5.89. The molecule has 2 aliphatic rings. The minimum atomic E-state index is -0.901. The number of carbonyl (C=O) groups excluding carboxylic acids is 1. The number of carboxylic acids is 1. The van der Waals surface area contributed by atoms with Crippen molar-refractivity contribution in [3.05, 3.63) is 0 Å². The van der Waals surface area contributed by atoms with E-state index >= 15 is 0 Å². The van der Waals surface area contributed by atoms with Gasteiger partial charge in [0.05, 0.1) is 25.7 Å². The third-order valence-corrected chi connectivity index (χ3v) is 4.68. The van der Waals surface area contributed by atoms with E-state index in [4.69, 9.17) is 9.84 Å². The lowest BCUT2D eigenvalue weighted by molar-refractivity contribution is -0.139. The highest BCUT2D eigenvalue weighted by molar-refractivity contribution is 5.76. The molecule has 20 heavy (non-hydrogen) atoms. The molecule has 1 aliphatic carbocycles. The summed E-state index contributed by atoms with van der Waals surface area (Å²) in [5, 5.41) is 11.9. The Morgan fingerprint density at radius 2 is 2.20 bits per heavy atom. The molecule has 2 fully saturated rings. The number of nitrogens with one attached hydrogen (secondary N) is 1. The zero-order valence-corrected chi connectivity index (χ0v) is 12.1. The SMILES string of the molecule is CCC1(CNC(=O)N2CCOCC2CC(=O)O)CCC1. The first-order chi connectivity index (χ1) is 9.56. The molecule has 0 radical (unpaired) electrons. The van der Waals surface area contributed by atoms with Crippen LogP contribution in [0.1, 0.15) is 39.0 Å². The number of carboxylic acid groups (broad SMARTS) is 1. The molecular formula is C14H24N2O4. The predicted molar refractivity (Wildman–Crippen MR) is 73.5 cm³/mol. The van der Waals surface area contributed by atoms with E-state index in [0.717, 1.165) is 6.42 Å². The lowest BCUT2D eigenvalue weighted by Gasteiger charge is -2.42. The van der Waals surface area contributed by atoms with Gasteiger partial charge in [-0.3, -0.25) is 4.79 Å². The lowest BCUT2D eigenvalue weighted by Crippen LogP contribution is -2.55. The summed E-state index contributed by atoms with van der Waals surface area (Å²) < 4.78 is 5.28. The molecule has 2 amide bonds. The quantitative estimate of drug-likeness (QED) is 0.801. The number of aliphatic carboxylic acids is 1. The second kappa shape index (κ2) is 6.43. The van der Waals surface area contributed by atoms with Crippen LogP contribution in [-0.4, -0.2) is 54.4 Å². The third-order valence-electron chi connectivity index (χ3n) is 4.68. The molecule has 1 saturated carbocycles. The minimum absolute atomic E-state index is 0.0632. The van der Waals surface area contributed by atoms with Gasteiger partial charge < -0.3 is 20.1 Å². The van der Waals surface area contributed by atoms with E-state index in [1.54, 1.807) is 4.90 Å². The third kappa shape index (κ3) is 3.42. The van der Waals surface area contributed by atoms with Gasteiger partial charge in [0.2, 0.25) is 0 Å². The van der Waals surface area contributed by atoms with Gasteiger partial charge in [-0.25, -0.2) is 4.79 Å². The zero-order chi connectivity index (χ0) is 14.6. The predicted octanol–water partition coefficient (Wildman–Crippen LogP) is 1.45. The van der Waals surface area contributed by atoms with Crippen LogP contribution >= 0.6 is 0 Å². The van der Waals surface area contributed by atoms with E-state index in [-0.39, 0.29) is 23.9 Å². The summed E-state index contributed by atoms with van der Waals surface area (Å²) in [5.74, 6) is -0.901. The first-order valence-corrected chi connectivity index (χ1v) is 7.40. The fourth-order valence-corrected chi connectivity index (χ4v) is 2.99. The summed E-state index contributed by atoms with van der Waals surface area (Å²) in [6.07, 6.45) is 4.60. The van der Waals surface area contributed by atoms with Crippen molar-refractivity contribution in [1.82, 2.24) is 10.2 Å². The van der Waals surface area contributed by atoms with E-state index in [1.165, 1.54) is 19.3 Å². The molecule has 0 aromatic rings. The van der Waals surface area contributed by atoms with Gasteiger partial charge in [0.25, 0.3) is 0 Å². The molecule has 2 rings (SSSR count). The van der Waals surface area contributed by atoms with Crippen LogP contribution in [0.3, 0.4) is 0 Å². The summed E-state index contributed by atoms with van der Waals surface area (Å²) >= 11 is 0. The maximum Gasteiger partial charge on any atom is 0.317 e. The Morgan fingerprint density at radius 1 is 1.45 bits per heavy atom. The van der Waals surface area contributed by atoms with Gasteiger partial charge in [0.15, 0.2) is 0 Å². The smallest absolute Gasteiger partial charge is 0.317 e. The summed E-state index contributed by atoms with van der Waals surface area (Å²) in [4.78, 5) is 24.7. The van der Waals surface area contributed by atoms with Crippen LogP contribution in [0.4, 0.5) is 4.79 Å². The van der Waals surface area contributed by atoms with Crippen LogP contribution in [0.5, 0.6) is 0 Å². The Kier molecular flexibility index (Phi) is 4.86. The van der Waals surface area contributed by atoms with Crippen molar-refractivity contribution < 1.29 is 19.4 Å². The number of carbonyl (C=O) groups is 2. The van der Waals surface area contributed by atoms with E-state index in [1.807, 2.05) is 0 Å². The molecule has 1 saturated heterocycles. The van der Waals surface area contributed by atoms with Crippen molar-refractivity contribution in [3.63, 3.8) is 0 Å². The maximum absolute atomic E-state index is 12.3. The summed E-state index contributed by atoms with van der Waals surface area (Å²) in [6, 6.07) is -0.514. The first kappa shape index (κ1) is 15.1. The van der Waals surface area contributed by atoms with Crippen LogP contribution in [0.2, 0.25) is 0 Å². The van der Waals surface area contributed by atoms with Crippen LogP contribution in [-0.2, 0) is 9.53 Å². The van der Waals surface area contributed by atoms with Gasteiger partial charge in [-0.05, 0) is 24.7 Å². The number of nitrogens with zero attached hydrogens (tertiary/aromatic N) is 1. The van der Waals surface area contributed by atoms with Gasteiger partial charge in [-0.2, -0.15) is 0 Å². The highest BCUT2D eigenvalue weighted by Crippen LogP contribution is 2.43. The topological polar surface area (TPSA) is 78.9 Å². The van der Waals surface area contributed by atoms with Crippen LogP contribution in [0.15, 0.2) is 0 Å². The highest BCUT2D eigenvalue weighted by atomic mass is 16.5. The second-order valence-electron chi connectivity index (χ2n) is 5.89. The van der Waals surface area contributed by atoms with E-state index in [0.29, 0.717) is 26.3 Å². The van der Waals surface area contributed by atoms with Gasteiger partial charge in [-0.15, -0.1) is 0 Å². The number of amides is 2. The summed E-state index contributed by atoms with van der Waals surface area (Å²) in [5.41, 5.74) is 0.268. The van der Waals surface area contributed by atoms with Crippen molar-refractivity contribution >= 4 is 12.0 Å². The van der Waals surface area contributed by atoms with Crippen molar-refractivity contribution in [3.8, 4) is 0 Å². The average Bonchev–Trinajstić information content (AvgIpc) is 2.37. The molecule has 1 aliphatic heterocycles. The van der Waals surface area contributed by atoms with Crippen LogP contribution in [0, 0.1) is 5.41 Å². The zero-order valence-electron chi connectivity index (χ0n) is 12.1. The Bertz CT molecular complexity index is 363. The van der Waals surface area contributed by atoms with Gasteiger partial charge in [0.1, 0.15) is 0 Å². The molecule has 1 atom stereocenters. The minimum Gasteiger partial charge on any atom is -0.481 e. The molecular weight excluding hydrogens is 260 g/mol. The fourth-order valence-electron chi connectivity index (χ4n) is 2.99. The normalized spacial score (nSPS) is 24.9. The van der Waals surface area contributed by atoms with Crippen molar-refractivity contribution in [2.75, 3.05) is 26.3 Å². The molecule has 114 valence electrons. The Balaban J connectivity index is 1.87. The standard InChI is InChI=1S/C14H24N2O4/c1-2-14(4-3-5-14)10-15-13(19)16-6-7-20-9-11(16)8-12(17)18/h11H,2-10H2,1H3,(H,15,19)(H,17,18). The van der Waals surface area contributed by atoms with Gasteiger partial charge in [-0.1, -0.05) is 13.3 Å². The van der Waals surface area contributed by atoms with Gasteiger partial charge >= 0.3 is 12.0 Å². The van der Waals surface area contributed by atoms with Gasteiger partial charge in [0, 0.05) is 13.1 Å².